The lowest BCUT2D eigenvalue weighted by Gasteiger charge is -2.21. The number of hydrogen-bond acceptors (Lipinski definition) is 14. The molecule has 1 saturated heterocycles. The van der Waals surface area contributed by atoms with Gasteiger partial charge in [-0.05, 0) is 137 Å². The molecule has 19 heteroatoms. The molecule has 4 N–H and O–H groups in total. The number of carbonyl (C=O) groups excluding carboxylic acids is 2. The molecule has 16 nitrogen and oxygen atoms in total. The van der Waals surface area contributed by atoms with Gasteiger partial charge in [-0.2, -0.15) is 0 Å². The monoisotopic (exact) mass is 1110 g/mol. The molecule has 5 aromatic carbocycles. The van der Waals surface area contributed by atoms with Crippen LogP contribution in [0.4, 0.5) is 40.1 Å². The van der Waals surface area contributed by atoms with Gasteiger partial charge in [-0.3, -0.25) is 19.0 Å². The lowest BCUT2D eigenvalue weighted by molar-refractivity contribution is -0.122. The summed E-state index contributed by atoms with van der Waals surface area (Å²) in [6.07, 6.45) is 5.31. The SMILES string of the molecule is CCOC(=O)c1cn(Cc2cccc(CCc3nc4ccc(Nc5ncc(NC(=O)C6CCOCC6)c(=O)n5Cc5ccc(Cl)cc5)cc4s3)c2)c(=O)cc1Nc1ccc(OC(C)C)c(Nc2ccc(OC(C)C)c(Cl)c2)c1. The molecule has 8 aromatic rings. The molecule has 3 aromatic heterocycles. The minimum absolute atomic E-state index is 0.0402. The number of hydrogen-bond donors (Lipinski definition) is 4. The van der Waals surface area contributed by atoms with E-state index in [1.807, 2.05) is 100 Å². The summed E-state index contributed by atoms with van der Waals surface area (Å²) in [5.41, 5.74) is 6.10. The van der Waals surface area contributed by atoms with Crippen molar-refractivity contribution in [3.05, 3.63) is 180 Å². The number of fused-ring (bicyclic) bond motifs is 1. The first-order chi connectivity index (χ1) is 37.6. The fraction of sp³-hybridized carbons (Fsp3) is 0.288. The number of benzene rings is 5. The van der Waals surface area contributed by atoms with Crippen molar-refractivity contribution in [1.29, 1.82) is 0 Å². The zero-order chi connectivity index (χ0) is 54.9. The summed E-state index contributed by atoms with van der Waals surface area (Å²) in [6, 6.07) is 33.4. The highest BCUT2D eigenvalue weighted by Crippen LogP contribution is 2.36. The van der Waals surface area contributed by atoms with Gasteiger partial charge in [0.25, 0.3) is 11.1 Å². The average Bonchev–Trinajstić information content (AvgIpc) is 3.84. The molecule has 1 aliphatic heterocycles. The third-order valence-corrected chi connectivity index (χ3v) is 14.3. The Hall–Kier alpha value is -7.70. The van der Waals surface area contributed by atoms with Crippen LogP contribution in [-0.2, 0) is 40.2 Å². The Morgan fingerprint density at radius 2 is 1.44 bits per heavy atom. The van der Waals surface area contributed by atoms with Crippen LogP contribution in [0.5, 0.6) is 11.5 Å². The van der Waals surface area contributed by atoms with E-state index in [4.69, 9.17) is 47.1 Å². The van der Waals surface area contributed by atoms with Gasteiger partial charge in [-0.1, -0.05) is 59.6 Å². The summed E-state index contributed by atoms with van der Waals surface area (Å²) < 4.78 is 26.8. The number of aromatic nitrogens is 4. The molecule has 0 saturated carbocycles. The second-order valence-electron chi connectivity index (χ2n) is 19.4. The van der Waals surface area contributed by atoms with E-state index < -0.39 is 11.5 Å². The molecular weight excluding hydrogens is 1050 g/mol. The van der Waals surface area contributed by atoms with E-state index in [1.165, 1.54) is 27.6 Å². The van der Waals surface area contributed by atoms with Gasteiger partial charge >= 0.3 is 5.97 Å². The minimum atomic E-state index is -0.578. The Balaban J connectivity index is 0.889. The largest absolute Gasteiger partial charge is 0.489 e. The van der Waals surface area contributed by atoms with Crippen molar-refractivity contribution in [2.24, 2.45) is 5.92 Å². The van der Waals surface area contributed by atoms with Gasteiger partial charge < -0.3 is 44.8 Å². The zero-order valence-electron chi connectivity index (χ0n) is 43.9. The predicted molar refractivity (Wildman–Crippen MR) is 310 cm³/mol. The molecule has 4 heterocycles. The average molecular weight is 1110 g/mol. The minimum Gasteiger partial charge on any atom is -0.489 e. The number of thiazole rings is 1. The van der Waals surface area contributed by atoms with Crippen LogP contribution in [0.3, 0.4) is 0 Å². The zero-order valence-corrected chi connectivity index (χ0v) is 46.2. The maximum absolute atomic E-state index is 14.0. The van der Waals surface area contributed by atoms with Crippen molar-refractivity contribution in [1.82, 2.24) is 19.1 Å². The van der Waals surface area contributed by atoms with Crippen LogP contribution in [0.2, 0.25) is 10.0 Å². The van der Waals surface area contributed by atoms with E-state index >= 15 is 0 Å². The van der Waals surface area contributed by atoms with E-state index in [0.717, 1.165) is 31.9 Å². The lowest BCUT2D eigenvalue weighted by atomic mass is 9.99. The number of ether oxygens (including phenoxy) is 4. The Labute approximate surface area is 465 Å². The van der Waals surface area contributed by atoms with Gasteiger partial charge in [0.1, 0.15) is 17.2 Å². The van der Waals surface area contributed by atoms with Gasteiger partial charge in [0.15, 0.2) is 0 Å². The maximum atomic E-state index is 14.0. The molecule has 0 atom stereocenters. The fourth-order valence-corrected chi connectivity index (χ4v) is 10.2. The van der Waals surface area contributed by atoms with Crippen molar-refractivity contribution in [2.45, 2.75) is 85.6 Å². The Kier molecular flexibility index (Phi) is 17.8. The van der Waals surface area contributed by atoms with Crippen molar-refractivity contribution in [3.8, 4) is 11.5 Å². The van der Waals surface area contributed by atoms with Gasteiger partial charge in [-0.25, -0.2) is 14.8 Å². The van der Waals surface area contributed by atoms with Gasteiger partial charge in [-0.15, -0.1) is 11.3 Å². The summed E-state index contributed by atoms with van der Waals surface area (Å²) in [6.45, 7) is 11.0. The molecule has 9 rings (SSSR count). The highest BCUT2D eigenvalue weighted by molar-refractivity contribution is 7.18. The molecule has 0 radical (unpaired) electrons. The second-order valence-corrected chi connectivity index (χ2v) is 21.3. The van der Waals surface area contributed by atoms with Gasteiger partial charge in [0.2, 0.25) is 11.9 Å². The molecule has 1 amide bonds. The van der Waals surface area contributed by atoms with Crippen LogP contribution in [0.1, 0.15) is 79.5 Å². The van der Waals surface area contributed by atoms with Crippen LogP contribution in [0.25, 0.3) is 10.2 Å². The van der Waals surface area contributed by atoms with E-state index in [1.54, 1.807) is 42.5 Å². The highest BCUT2D eigenvalue weighted by Gasteiger charge is 2.24. The lowest BCUT2D eigenvalue weighted by Crippen LogP contribution is -2.33. The van der Waals surface area contributed by atoms with Crippen molar-refractivity contribution >= 4 is 96.7 Å². The molecule has 0 spiro atoms. The van der Waals surface area contributed by atoms with Gasteiger partial charge in [0.05, 0.1) is 75.3 Å². The van der Waals surface area contributed by atoms with Crippen molar-refractivity contribution < 1.29 is 28.5 Å². The van der Waals surface area contributed by atoms with Crippen molar-refractivity contribution in [3.63, 3.8) is 0 Å². The summed E-state index contributed by atoms with van der Waals surface area (Å²) in [7, 11) is 0. The normalized spacial score (nSPS) is 12.7. The molecule has 0 aliphatic carbocycles. The highest BCUT2D eigenvalue weighted by atomic mass is 35.5. The topological polar surface area (TPSA) is 189 Å². The van der Waals surface area contributed by atoms with Crippen LogP contribution >= 0.6 is 34.5 Å². The second kappa shape index (κ2) is 25.2. The molecule has 404 valence electrons. The standard InChI is InChI=1S/C59H60Cl2N8O8S/c1-6-75-58(73)45-34-68(55(70)30-48(45)63-43-17-20-52(77-36(4)5)49(28-43)64-42-16-19-51(46(61)27-42)76-35(2)3)32-39-9-7-8-37(26-39)12-21-54-66-47-18-15-44(29-53(47)78-54)65-59-62-31-50(67-56(71)40-22-24-74-25-23-40)57(72)69(59)33-38-10-13-41(60)14-11-38/h7-11,13-20,26-31,34-36,40,63-64H,6,12,21-25,32-33H2,1-5H3,(H,62,65)(H,67,71). The smallest absolute Gasteiger partial charge is 0.341 e. The van der Waals surface area contributed by atoms with Crippen LogP contribution in [0, 0.1) is 5.92 Å². The van der Waals surface area contributed by atoms with E-state index in [9.17, 15) is 19.2 Å². The third-order valence-electron chi connectivity index (χ3n) is 12.6. The first kappa shape index (κ1) is 55.1. The molecule has 78 heavy (non-hydrogen) atoms. The number of pyridine rings is 1. The van der Waals surface area contributed by atoms with Crippen molar-refractivity contribution in [2.75, 3.05) is 41.1 Å². The molecular formula is C59H60Cl2N8O8S. The summed E-state index contributed by atoms with van der Waals surface area (Å²) in [5.74, 6) is 0.422. The van der Waals surface area contributed by atoms with Crippen LogP contribution in [-0.4, -0.2) is 63.0 Å². The number of nitrogens with one attached hydrogen (secondary N) is 4. The summed E-state index contributed by atoms with van der Waals surface area (Å²) >= 11 is 14.3. The number of anilines is 7. The first-order valence-electron chi connectivity index (χ1n) is 25.8. The predicted octanol–water partition coefficient (Wildman–Crippen LogP) is 12.6. The number of amides is 1. The number of halogens is 2. The first-order valence-corrected chi connectivity index (χ1v) is 27.4. The number of rotatable bonds is 21. The Morgan fingerprint density at radius 3 is 2.18 bits per heavy atom. The Bertz CT molecular complexity index is 3580. The Morgan fingerprint density at radius 1 is 0.744 bits per heavy atom. The number of esters is 1. The molecule has 0 unspecified atom stereocenters. The molecule has 0 bridgehead atoms. The molecule has 1 aliphatic rings. The van der Waals surface area contributed by atoms with Crippen LogP contribution in [0.15, 0.2) is 131 Å². The summed E-state index contributed by atoms with van der Waals surface area (Å²) in [4.78, 5) is 64.1. The maximum Gasteiger partial charge on any atom is 0.341 e. The third kappa shape index (κ3) is 14.1. The van der Waals surface area contributed by atoms with Crippen LogP contribution < -0.4 is 41.9 Å². The molecule has 1 fully saturated rings. The quantitative estimate of drug-likeness (QED) is 0.0498. The van der Waals surface area contributed by atoms with Gasteiger partial charge in [0, 0.05) is 59.9 Å². The van der Waals surface area contributed by atoms with E-state index in [2.05, 4.69) is 32.3 Å². The number of nitrogens with zero attached hydrogens (tertiary/aromatic N) is 4. The number of carbonyl (C=O) groups is 2. The fourth-order valence-electron chi connectivity index (χ4n) is 8.88. The summed E-state index contributed by atoms with van der Waals surface area (Å²) in [5, 5.41) is 14.8. The number of aryl methyl sites for hydroxylation is 2. The van der Waals surface area contributed by atoms with E-state index in [0.29, 0.717) is 89.1 Å². The van der Waals surface area contributed by atoms with E-state index in [-0.39, 0.29) is 66.2 Å².